The Hall–Kier alpha value is -0.0900. The summed E-state index contributed by atoms with van der Waals surface area (Å²) in [6.45, 7) is 2.14. The molecule has 68 valence electrons. The Morgan fingerprint density at radius 1 is 1.67 bits per heavy atom. The van der Waals surface area contributed by atoms with E-state index < -0.39 is 5.60 Å². The van der Waals surface area contributed by atoms with Crippen molar-refractivity contribution in [2.75, 3.05) is 6.54 Å². The highest BCUT2D eigenvalue weighted by atomic mass is 35.5. The molecule has 1 aromatic rings. The molecule has 1 unspecified atom stereocenters. The third-order valence-corrected chi connectivity index (χ3v) is 3.38. The molecule has 0 fully saturated rings. The van der Waals surface area contributed by atoms with Crippen LogP contribution in [-0.2, 0) is 5.60 Å². The highest BCUT2D eigenvalue weighted by Gasteiger charge is 2.26. The normalized spacial score (nSPS) is 16.0. The summed E-state index contributed by atoms with van der Waals surface area (Å²) in [4.78, 5) is 0.845. The van der Waals surface area contributed by atoms with Crippen molar-refractivity contribution in [3.8, 4) is 0 Å². The fourth-order valence-corrected chi connectivity index (χ4v) is 2.20. The molecule has 0 spiro atoms. The minimum Gasteiger partial charge on any atom is -0.383 e. The molecular weight excluding hydrogens is 194 g/mol. The van der Waals surface area contributed by atoms with Crippen LogP contribution in [0, 0.1) is 0 Å². The molecule has 0 aliphatic carbocycles. The van der Waals surface area contributed by atoms with E-state index in [9.17, 15) is 5.11 Å². The Morgan fingerprint density at radius 3 is 2.67 bits per heavy atom. The summed E-state index contributed by atoms with van der Waals surface area (Å²) >= 11 is 7.13. The first-order valence-corrected chi connectivity index (χ1v) is 5.00. The maximum absolute atomic E-state index is 9.94. The van der Waals surface area contributed by atoms with Gasteiger partial charge in [-0.25, -0.2) is 0 Å². The Kier molecular flexibility index (Phi) is 3.12. The van der Waals surface area contributed by atoms with Crippen LogP contribution in [0.2, 0.25) is 4.34 Å². The maximum atomic E-state index is 9.94. The van der Waals surface area contributed by atoms with Gasteiger partial charge in [-0.2, -0.15) is 0 Å². The van der Waals surface area contributed by atoms with Crippen molar-refractivity contribution in [3.05, 3.63) is 21.3 Å². The molecular formula is C8H12ClNOS. The number of rotatable bonds is 3. The Morgan fingerprint density at radius 2 is 2.33 bits per heavy atom. The van der Waals surface area contributed by atoms with Crippen molar-refractivity contribution in [3.63, 3.8) is 0 Å². The number of thiophene rings is 1. The van der Waals surface area contributed by atoms with Gasteiger partial charge in [0, 0.05) is 11.4 Å². The molecule has 12 heavy (non-hydrogen) atoms. The van der Waals surface area contributed by atoms with Crippen molar-refractivity contribution < 1.29 is 5.11 Å². The molecule has 4 heteroatoms. The van der Waals surface area contributed by atoms with Gasteiger partial charge in [0.05, 0.1) is 4.34 Å². The van der Waals surface area contributed by atoms with Gasteiger partial charge in [0.15, 0.2) is 0 Å². The number of nitrogens with two attached hydrogens (primary N) is 1. The zero-order valence-electron chi connectivity index (χ0n) is 6.88. The standard InChI is InChI=1S/C8H12ClNOS/c1-2-8(11,5-10)6-3-4-7(9)12-6/h3-4,11H,2,5,10H2,1H3. The van der Waals surface area contributed by atoms with Crippen molar-refractivity contribution in [2.45, 2.75) is 18.9 Å². The van der Waals surface area contributed by atoms with E-state index in [1.54, 1.807) is 6.07 Å². The van der Waals surface area contributed by atoms with E-state index in [0.29, 0.717) is 10.8 Å². The van der Waals surface area contributed by atoms with Crippen LogP contribution in [0.25, 0.3) is 0 Å². The predicted molar refractivity (Wildman–Crippen MR) is 52.6 cm³/mol. The van der Waals surface area contributed by atoms with E-state index in [1.165, 1.54) is 11.3 Å². The molecule has 1 atom stereocenters. The fraction of sp³-hybridized carbons (Fsp3) is 0.500. The Labute approximate surface area is 81.0 Å². The van der Waals surface area contributed by atoms with Crippen molar-refractivity contribution >= 4 is 22.9 Å². The van der Waals surface area contributed by atoms with E-state index in [-0.39, 0.29) is 6.54 Å². The van der Waals surface area contributed by atoms with Crippen molar-refractivity contribution in [1.82, 2.24) is 0 Å². The first-order valence-electron chi connectivity index (χ1n) is 3.80. The zero-order valence-corrected chi connectivity index (χ0v) is 8.45. The molecule has 3 N–H and O–H groups in total. The summed E-state index contributed by atoms with van der Waals surface area (Å²) in [7, 11) is 0. The quantitative estimate of drug-likeness (QED) is 0.793. The number of hydrogen-bond donors (Lipinski definition) is 2. The number of aliphatic hydroxyl groups is 1. The van der Waals surface area contributed by atoms with Gasteiger partial charge in [0.2, 0.25) is 0 Å². The van der Waals surface area contributed by atoms with Crippen LogP contribution in [0.3, 0.4) is 0 Å². The van der Waals surface area contributed by atoms with Crippen LogP contribution < -0.4 is 5.73 Å². The summed E-state index contributed by atoms with van der Waals surface area (Å²) in [6.07, 6.45) is 0.611. The van der Waals surface area contributed by atoms with Crippen LogP contribution >= 0.6 is 22.9 Å². The van der Waals surface area contributed by atoms with Crippen LogP contribution in [0.4, 0.5) is 0 Å². The molecule has 0 bridgehead atoms. The molecule has 1 aromatic heterocycles. The van der Waals surface area contributed by atoms with E-state index >= 15 is 0 Å². The monoisotopic (exact) mass is 205 g/mol. The van der Waals surface area contributed by atoms with Gasteiger partial charge in [-0.05, 0) is 18.6 Å². The van der Waals surface area contributed by atoms with E-state index in [0.717, 1.165) is 4.88 Å². The van der Waals surface area contributed by atoms with Crippen molar-refractivity contribution in [1.29, 1.82) is 0 Å². The third kappa shape index (κ3) is 1.80. The van der Waals surface area contributed by atoms with E-state index in [2.05, 4.69) is 0 Å². The molecule has 0 saturated heterocycles. The molecule has 2 nitrogen and oxygen atoms in total. The Balaban J connectivity index is 2.94. The van der Waals surface area contributed by atoms with Crippen LogP contribution in [0.1, 0.15) is 18.2 Å². The van der Waals surface area contributed by atoms with Crippen LogP contribution in [0.15, 0.2) is 12.1 Å². The molecule has 0 aliphatic heterocycles. The highest BCUT2D eigenvalue weighted by molar-refractivity contribution is 7.16. The van der Waals surface area contributed by atoms with E-state index in [4.69, 9.17) is 17.3 Å². The smallest absolute Gasteiger partial charge is 0.111 e. The largest absolute Gasteiger partial charge is 0.383 e. The highest BCUT2D eigenvalue weighted by Crippen LogP contribution is 2.32. The second kappa shape index (κ2) is 3.75. The molecule has 0 amide bonds. The van der Waals surface area contributed by atoms with Gasteiger partial charge in [-0.15, -0.1) is 11.3 Å². The van der Waals surface area contributed by atoms with Gasteiger partial charge in [0.25, 0.3) is 0 Å². The third-order valence-electron chi connectivity index (χ3n) is 1.95. The molecule has 0 radical (unpaired) electrons. The lowest BCUT2D eigenvalue weighted by Gasteiger charge is -2.22. The molecule has 1 heterocycles. The minimum atomic E-state index is -0.891. The summed E-state index contributed by atoms with van der Waals surface area (Å²) in [5, 5.41) is 9.94. The lowest BCUT2D eigenvalue weighted by molar-refractivity contribution is 0.0456. The van der Waals surface area contributed by atoms with Crippen LogP contribution in [0.5, 0.6) is 0 Å². The van der Waals surface area contributed by atoms with E-state index in [1.807, 2.05) is 13.0 Å². The van der Waals surface area contributed by atoms with Gasteiger partial charge >= 0.3 is 0 Å². The zero-order chi connectivity index (χ0) is 9.19. The van der Waals surface area contributed by atoms with Crippen LogP contribution in [-0.4, -0.2) is 11.7 Å². The lowest BCUT2D eigenvalue weighted by atomic mass is 9.99. The SMILES string of the molecule is CCC(O)(CN)c1ccc(Cl)s1. The molecule has 1 rings (SSSR count). The Bertz CT molecular complexity index is 257. The van der Waals surface area contributed by atoms with Gasteiger partial charge in [0.1, 0.15) is 5.60 Å². The predicted octanol–water partition coefficient (Wildman–Crippen LogP) is 1.96. The second-order valence-electron chi connectivity index (χ2n) is 2.69. The molecule has 0 saturated carbocycles. The number of halogens is 1. The fourth-order valence-electron chi connectivity index (χ4n) is 0.984. The summed E-state index contributed by atoms with van der Waals surface area (Å²) in [5.41, 5.74) is 4.58. The summed E-state index contributed by atoms with van der Waals surface area (Å²) in [6, 6.07) is 3.60. The van der Waals surface area contributed by atoms with Crippen molar-refractivity contribution in [2.24, 2.45) is 5.73 Å². The topological polar surface area (TPSA) is 46.2 Å². The summed E-state index contributed by atoms with van der Waals surface area (Å²) in [5.74, 6) is 0. The van der Waals surface area contributed by atoms with Gasteiger partial charge in [-0.1, -0.05) is 18.5 Å². The first-order chi connectivity index (χ1) is 5.62. The molecule has 0 aromatic carbocycles. The van der Waals surface area contributed by atoms with Gasteiger partial charge < -0.3 is 10.8 Å². The summed E-state index contributed by atoms with van der Waals surface area (Å²) < 4.78 is 0.685. The average molecular weight is 206 g/mol. The maximum Gasteiger partial charge on any atom is 0.111 e. The number of hydrogen-bond acceptors (Lipinski definition) is 3. The minimum absolute atomic E-state index is 0.236. The first kappa shape index (κ1) is 9.99. The second-order valence-corrected chi connectivity index (χ2v) is 4.41. The average Bonchev–Trinajstić information content (AvgIpc) is 2.51. The van der Waals surface area contributed by atoms with Gasteiger partial charge in [-0.3, -0.25) is 0 Å². The molecule has 0 aliphatic rings. The lowest BCUT2D eigenvalue weighted by Crippen LogP contribution is -2.33.